The number of fused-ring (bicyclic) bond motifs is 1. The van der Waals surface area contributed by atoms with Crippen LogP contribution in [0, 0.1) is 0 Å². The summed E-state index contributed by atoms with van der Waals surface area (Å²) in [6.45, 7) is 6.71. The Labute approximate surface area is 130 Å². The van der Waals surface area contributed by atoms with Crippen molar-refractivity contribution in [3.05, 3.63) is 47.8 Å². The van der Waals surface area contributed by atoms with Crippen molar-refractivity contribution in [3.8, 4) is 0 Å². The van der Waals surface area contributed by atoms with Crippen molar-refractivity contribution in [2.75, 3.05) is 11.4 Å². The van der Waals surface area contributed by atoms with Gasteiger partial charge in [-0.1, -0.05) is 18.2 Å². The van der Waals surface area contributed by atoms with Gasteiger partial charge in [0, 0.05) is 30.2 Å². The molecular formula is C17H20N4O. The van der Waals surface area contributed by atoms with Crippen molar-refractivity contribution in [3.63, 3.8) is 0 Å². The first-order chi connectivity index (χ1) is 10.4. The molecule has 0 spiro atoms. The number of aromatic nitrogens is 2. The molecule has 0 aliphatic carbocycles. The standard InChI is InChI=1S/C17H20N4O/c1-17(2,3)20-15(22)13-10-18-16(19-11-13)21-9-8-12-6-4-5-7-14(12)21/h4-7,10-11H,8-9H2,1-3H3,(H,20,22). The maximum Gasteiger partial charge on any atom is 0.254 e. The first-order valence-corrected chi connectivity index (χ1v) is 7.44. The minimum Gasteiger partial charge on any atom is -0.347 e. The van der Waals surface area contributed by atoms with E-state index >= 15 is 0 Å². The predicted octanol–water partition coefficient (Wildman–Crippen LogP) is 2.70. The highest BCUT2D eigenvalue weighted by atomic mass is 16.1. The van der Waals surface area contributed by atoms with Crippen LogP contribution >= 0.6 is 0 Å². The van der Waals surface area contributed by atoms with Crippen LogP contribution < -0.4 is 10.2 Å². The van der Waals surface area contributed by atoms with E-state index in [-0.39, 0.29) is 11.4 Å². The number of amides is 1. The molecule has 22 heavy (non-hydrogen) atoms. The van der Waals surface area contributed by atoms with Crippen LogP contribution in [0.5, 0.6) is 0 Å². The maximum atomic E-state index is 12.1. The molecule has 5 nitrogen and oxygen atoms in total. The SMILES string of the molecule is CC(C)(C)NC(=O)c1cnc(N2CCc3ccccc32)nc1. The van der Waals surface area contributed by atoms with Crippen molar-refractivity contribution in [1.29, 1.82) is 0 Å². The number of hydrogen-bond acceptors (Lipinski definition) is 4. The van der Waals surface area contributed by atoms with Crippen LogP contribution in [-0.4, -0.2) is 28.0 Å². The van der Waals surface area contributed by atoms with Crippen LogP contribution in [0.25, 0.3) is 0 Å². The Kier molecular flexibility index (Phi) is 3.56. The van der Waals surface area contributed by atoms with Gasteiger partial charge in [-0.05, 0) is 38.8 Å². The Morgan fingerprint density at radius 1 is 1.18 bits per heavy atom. The Balaban J connectivity index is 1.80. The zero-order chi connectivity index (χ0) is 15.7. The van der Waals surface area contributed by atoms with Crippen LogP contribution in [0.2, 0.25) is 0 Å². The van der Waals surface area contributed by atoms with E-state index in [0.29, 0.717) is 11.5 Å². The first kappa shape index (κ1) is 14.5. The van der Waals surface area contributed by atoms with Crippen LogP contribution in [0.4, 0.5) is 11.6 Å². The van der Waals surface area contributed by atoms with Gasteiger partial charge in [-0.3, -0.25) is 4.79 Å². The van der Waals surface area contributed by atoms with Gasteiger partial charge in [0.2, 0.25) is 5.95 Å². The van der Waals surface area contributed by atoms with Crippen LogP contribution in [0.3, 0.4) is 0 Å². The minimum absolute atomic E-state index is 0.152. The van der Waals surface area contributed by atoms with Gasteiger partial charge in [-0.25, -0.2) is 9.97 Å². The molecule has 1 aliphatic rings. The van der Waals surface area contributed by atoms with Gasteiger partial charge >= 0.3 is 0 Å². The van der Waals surface area contributed by atoms with Crippen molar-refractivity contribution < 1.29 is 4.79 Å². The summed E-state index contributed by atoms with van der Waals surface area (Å²) in [4.78, 5) is 22.9. The molecule has 0 atom stereocenters. The quantitative estimate of drug-likeness (QED) is 0.925. The van der Waals surface area contributed by atoms with E-state index in [9.17, 15) is 4.79 Å². The monoisotopic (exact) mass is 296 g/mol. The largest absolute Gasteiger partial charge is 0.347 e. The fraction of sp³-hybridized carbons (Fsp3) is 0.353. The molecule has 1 N–H and O–H groups in total. The summed E-state index contributed by atoms with van der Waals surface area (Å²) in [5.74, 6) is 0.484. The molecule has 1 aromatic carbocycles. The van der Waals surface area contributed by atoms with Crippen LogP contribution in [-0.2, 0) is 6.42 Å². The highest BCUT2D eigenvalue weighted by molar-refractivity contribution is 5.94. The molecule has 3 rings (SSSR count). The number of hydrogen-bond donors (Lipinski definition) is 1. The lowest BCUT2D eigenvalue weighted by atomic mass is 10.1. The highest BCUT2D eigenvalue weighted by Gasteiger charge is 2.22. The van der Waals surface area contributed by atoms with Gasteiger partial charge in [0.25, 0.3) is 5.91 Å². The lowest BCUT2D eigenvalue weighted by Gasteiger charge is -2.21. The van der Waals surface area contributed by atoms with E-state index < -0.39 is 0 Å². The van der Waals surface area contributed by atoms with Crippen molar-refractivity contribution >= 4 is 17.5 Å². The van der Waals surface area contributed by atoms with Gasteiger partial charge in [-0.15, -0.1) is 0 Å². The van der Waals surface area contributed by atoms with E-state index in [1.165, 1.54) is 5.56 Å². The second kappa shape index (κ2) is 5.40. The third-order valence-corrected chi connectivity index (χ3v) is 3.52. The molecule has 0 saturated heterocycles. The molecule has 0 fully saturated rings. The van der Waals surface area contributed by atoms with Crippen molar-refractivity contribution in [1.82, 2.24) is 15.3 Å². The van der Waals surface area contributed by atoms with Gasteiger partial charge in [0.1, 0.15) is 0 Å². The molecule has 1 aliphatic heterocycles. The summed E-state index contributed by atoms with van der Waals surface area (Å²) >= 11 is 0. The number of rotatable bonds is 2. The molecule has 5 heteroatoms. The Morgan fingerprint density at radius 2 is 1.86 bits per heavy atom. The number of nitrogens with one attached hydrogen (secondary N) is 1. The lowest BCUT2D eigenvalue weighted by Crippen LogP contribution is -2.40. The third-order valence-electron chi connectivity index (χ3n) is 3.52. The summed E-state index contributed by atoms with van der Waals surface area (Å²) in [5, 5.41) is 2.91. The van der Waals surface area contributed by atoms with Gasteiger partial charge in [0.05, 0.1) is 5.56 Å². The van der Waals surface area contributed by atoms with Gasteiger partial charge in [-0.2, -0.15) is 0 Å². The van der Waals surface area contributed by atoms with E-state index in [2.05, 4.69) is 32.3 Å². The number of nitrogens with zero attached hydrogens (tertiary/aromatic N) is 3. The molecule has 2 heterocycles. The Bertz CT molecular complexity index is 689. The molecule has 1 amide bonds. The van der Waals surface area contributed by atoms with Crippen molar-refractivity contribution in [2.45, 2.75) is 32.7 Å². The summed E-state index contributed by atoms with van der Waals surface area (Å²) in [6.07, 6.45) is 4.17. The fourth-order valence-electron chi connectivity index (χ4n) is 2.54. The normalized spacial score (nSPS) is 13.9. The van der Waals surface area contributed by atoms with E-state index in [4.69, 9.17) is 0 Å². The maximum absolute atomic E-state index is 12.1. The van der Waals surface area contributed by atoms with E-state index in [0.717, 1.165) is 18.7 Å². The van der Waals surface area contributed by atoms with E-state index in [1.54, 1.807) is 12.4 Å². The third kappa shape index (κ3) is 2.93. The molecule has 2 aromatic rings. The Morgan fingerprint density at radius 3 is 2.55 bits per heavy atom. The fourth-order valence-corrected chi connectivity index (χ4v) is 2.54. The van der Waals surface area contributed by atoms with Crippen LogP contribution in [0.1, 0.15) is 36.7 Å². The number of anilines is 2. The summed E-state index contributed by atoms with van der Waals surface area (Å²) in [7, 11) is 0. The zero-order valence-corrected chi connectivity index (χ0v) is 13.1. The second-order valence-electron chi connectivity index (χ2n) is 6.51. The van der Waals surface area contributed by atoms with Gasteiger partial charge < -0.3 is 10.2 Å². The summed E-state index contributed by atoms with van der Waals surface area (Å²) in [5.41, 5.74) is 2.66. The molecular weight excluding hydrogens is 276 g/mol. The molecule has 0 unspecified atom stereocenters. The molecule has 0 bridgehead atoms. The topological polar surface area (TPSA) is 58.1 Å². The smallest absolute Gasteiger partial charge is 0.254 e. The molecule has 114 valence electrons. The molecule has 0 saturated carbocycles. The predicted molar refractivity (Wildman–Crippen MR) is 86.4 cm³/mol. The number of carbonyl (C=O) groups excluding carboxylic acids is 1. The Hall–Kier alpha value is -2.43. The average Bonchev–Trinajstić information content (AvgIpc) is 2.89. The summed E-state index contributed by atoms with van der Waals surface area (Å²) in [6, 6.07) is 8.26. The van der Waals surface area contributed by atoms with E-state index in [1.807, 2.05) is 32.9 Å². The number of carbonyl (C=O) groups is 1. The van der Waals surface area contributed by atoms with Gasteiger partial charge in [0.15, 0.2) is 0 Å². The summed E-state index contributed by atoms with van der Waals surface area (Å²) < 4.78 is 0. The lowest BCUT2D eigenvalue weighted by molar-refractivity contribution is 0.0919. The minimum atomic E-state index is -0.274. The average molecular weight is 296 g/mol. The highest BCUT2D eigenvalue weighted by Crippen LogP contribution is 2.31. The number of benzene rings is 1. The van der Waals surface area contributed by atoms with Crippen molar-refractivity contribution in [2.24, 2.45) is 0 Å². The molecule has 0 radical (unpaired) electrons. The zero-order valence-electron chi connectivity index (χ0n) is 13.1. The second-order valence-corrected chi connectivity index (χ2v) is 6.51. The number of para-hydroxylation sites is 1. The first-order valence-electron chi connectivity index (χ1n) is 7.44. The molecule has 1 aromatic heterocycles. The van der Waals surface area contributed by atoms with Crippen LogP contribution in [0.15, 0.2) is 36.7 Å².